The zero-order valence-corrected chi connectivity index (χ0v) is 13.1. The lowest BCUT2D eigenvalue weighted by atomic mass is 10.1. The number of methoxy groups -OCH3 is 1. The van der Waals surface area contributed by atoms with Crippen LogP contribution in [0.1, 0.15) is 20.3 Å². The number of hydrogen-bond donors (Lipinski definition) is 1. The van der Waals surface area contributed by atoms with E-state index in [9.17, 15) is 4.79 Å². The van der Waals surface area contributed by atoms with E-state index in [-0.39, 0.29) is 5.97 Å². The van der Waals surface area contributed by atoms with Crippen LogP contribution in [0.5, 0.6) is 0 Å². The molecule has 0 aliphatic rings. The van der Waals surface area contributed by atoms with Crippen LogP contribution in [0.2, 0.25) is 5.02 Å². The van der Waals surface area contributed by atoms with Gasteiger partial charge < -0.3 is 10.1 Å². The van der Waals surface area contributed by atoms with Crippen LogP contribution in [-0.4, -0.2) is 30.9 Å². The molecule has 1 aromatic carbocycles. The summed E-state index contributed by atoms with van der Waals surface area (Å²) >= 11 is 7.54. The van der Waals surface area contributed by atoms with E-state index >= 15 is 0 Å². The van der Waals surface area contributed by atoms with Crippen molar-refractivity contribution in [1.82, 2.24) is 5.32 Å². The lowest BCUT2D eigenvalue weighted by Crippen LogP contribution is -2.52. The van der Waals surface area contributed by atoms with Gasteiger partial charge in [-0.2, -0.15) is 0 Å². The van der Waals surface area contributed by atoms with Crippen molar-refractivity contribution >= 4 is 29.3 Å². The van der Waals surface area contributed by atoms with E-state index in [1.165, 1.54) is 7.11 Å². The molecule has 19 heavy (non-hydrogen) atoms. The molecular formula is C14H20ClNO2S. The Morgan fingerprint density at radius 1 is 1.53 bits per heavy atom. The normalized spacial score (nSPS) is 13.9. The van der Waals surface area contributed by atoms with Gasteiger partial charge in [0.15, 0.2) is 0 Å². The average Bonchev–Trinajstić information content (AvgIpc) is 2.42. The molecular weight excluding hydrogens is 282 g/mol. The summed E-state index contributed by atoms with van der Waals surface area (Å²) in [6, 6.07) is 7.61. The van der Waals surface area contributed by atoms with Gasteiger partial charge in [0.05, 0.1) is 7.11 Å². The Morgan fingerprint density at radius 3 is 2.84 bits per heavy atom. The summed E-state index contributed by atoms with van der Waals surface area (Å²) in [6.45, 7) is 4.71. The van der Waals surface area contributed by atoms with Gasteiger partial charge in [-0.1, -0.05) is 24.6 Å². The highest BCUT2D eigenvalue weighted by Crippen LogP contribution is 2.25. The van der Waals surface area contributed by atoms with Crippen molar-refractivity contribution in [3.8, 4) is 0 Å². The first-order valence-corrected chi connectivity index (χ1v) is 7.60. The molecule has 106 valence electrons. The van der Waals surface area contributed by atoms with Crippen molar-refractivity contribution in [3.63, 3.8) is 0 Å². The second-order valence-corrected chi connectivity index (χ2v) is 5.98. The highest BCUT2D eigenvalue weighted by Gasteiger charge is 2.33. The maximum absolute atomic E-state index is 11.9. The van der Waals surface area contributed by atoms with E-state index in [0.29, 0.717) is 10.8 Å². The number of rotatable bonds is 7. The van der Waals surface area contributed by atoms with Gasteiger partial charge in [-0.05, 0) is 38.1 Å². The molecule has 0 heterocycles. The summed E-state index contributed by atoms with van der Waals surface area (Å²) in [4.78, 5) is 12.9. The lowest BCUT2D eigenvalue weighted by Gasteiger charge is -2.27. The maximum atomic E-state index is 11.9. The zero-order valence-electron chi connectivity index (χ0n) is 11.5. The summed E-state index contributed by atoms with van der Waals surface area (Å²) in [6.07, 6.45) is 0.967. The Balaban J connectivity index is 2.70. The van der Waals surface area contributed by atoms with Crippen molar-refractivity contribution in [2.45, 2.75) is 30.7 Å². The van der Waals surface area contributed by atoms with E-state index in [2.05, 4.69) is 12.2 Å². The van der Waals surface area contributed by atoms with Gasteiger partial charge in [-0.15, -0.1) is 11.8 Å². The van der Waals surface area contributed by atoms with Gasteiger partial charge in [0.2, 0.25) is 0 Å². The number of ether oxygens (including phenoxy) is 1. The monoisotopic (exact) mass is 301 g/mol. The van der Waals surface area contributed by atoms with Gasteiger partial charge in [0.1, 0.15) is 5.54 Å². The Morgan fingerprint density at radius 2 is 2.26 bits per heavy atom. The molecule has 0 aliphatic heterocycles. The van der Waals surface area contributed by atoms with Gasteiger partial charge in [-0.25, -0.2) is 0 Å². The second-order valence-electron chi connectivity index (χ2n) is 4.50. The third-order valence-corrected chi connectivity index (χ3v) is 4.27. The number of nitrogens with one attached hydrogen (secondary N) is 1. The second kappa shape index (κ2) is 7.78. The minimum absolute atomic E-state index is 0.240. The fraction of sp³-hybridized carbons (Fsp3) is 0.500. The first kappa shape index (κ1) is 16.3. The standard InChI is InChI=1S/C14H20ClNO2S/c1-4-8-16-14(2,13(17)18-3)10-19-12-7-5-6-11(15)9-12/h5-7,9,16H,4,8,10H2,1-3H3. The Bertz CT molecular complexity index is 428. The number of benzene rings is 1. The Labute approximate surface area is 124 Å². The number of thioether (sulfide) groups is 1. The summed E-state index contributed by atoms with van der Waals surface area (Å²) in [5, 5.41) is 3.95. The van der Waals surface area contributed by atoms with Crippen LogP contribution < -0.4 is 5.32 Å². The minimum atomic E-state index is -0.683. The number of carbonyl (C=O) groups excluding carboxylic acids is 1. The molecule has 3 nitrogen and oxygen atoms in total. The van der Waals surface area contributed by atoms with E-state index < -0.39 is 5.54 Å². The fourth-order valence-corrected chi connectivity index (χ4v) is 2.91. The Kier molecular flexibility index (Phi) is 6.69. The largest absolute Gasteiger partial charge is 0.468 e. The first-order chi connectivity index (χ1) is 9.01. The van der Waals surface area contributed by atoms with Gasteiger partial charge >= 0.3 is 5.97 Å². The molecule has 0 radical (unpaired) electrons. The van der Waals surface area contributed by atoms with Gasteiger partial charge in [-0.3, -0.25) is 4.79 Å². The molecule has 1 N–H and O–H groups in total. The third kappa shape index (κ3) is 5.05. The third-order valence-electron chi connectivity index (χ3n) is 2.72. The topological polar surface area (TPSA) is 38.3 Å². The van der Waals surface area contributed by atoms with Gasteiger partial charge in [0.25, 0.3) is 0 Å². The van der Waals surface area contributed by atoms with E-state index in [1.54, 1.807) is 11.8 Å². The molecule has 0 saturated carbocycles. The molecule has 0 bridgehead atoms. The van der Waals surface area contributed by atoms with Crippen LogP contribution in [0.3, 0.4) is 0 Å². The minimum Gasteiger partial charge on any atom is -0.468 e. The van der Waals surface area contributed by atoms with Crippen LogP contribution >= 0.6 is 23.4 Å². The van der Waals surface area contributed by atoms with E-state index in [1.807, 2.05) is 31.2 Å². The molecule has 0 fully saturated rings. The SMILES string of the molecule is CCCNC(C)(CSc1cccc(Cl)c1)C(=O)OC. The van der Waals surface area contributed by atoms with Crippen LogP contribution in [-0.2, 0) is 9.53 Å². The molecule has 1 atom stereocenters. The van der Waals surface area contributed by atoms with Crippen molar-refractivity contribution in [2.75, 3.05) is 19.4 Å². The highest BCUT2D eigenvalue weighted by atomic mass is 35.5. The van der Waals surface area contributed by atoms with Gasteiger partial charge in [0, 0.05) is 15.7 Å². The average molecular weight is 302 g/mol. The van der Waals surface area contributed by atoms with E-state index in [4.69, 9.17) is 16.3 Å². The Hall–Kier alpha value is -0.710. The summed E-state index contributed by atoms with van der Waals surface area (Å²) < 4.78 is 4.88. The lowest BCUT2D eigenvalue weighted by molar-refractivity contribution is -0.146. The smallest absolute Gasteiger partial charge is 0.326 e. The molecule has 1 rings (SSSR count). The van der Waals surface area contributed by atoms with Crippen molar-refractivity contribution in [1.29, 1.82) is 0 Å². The van der Waals surface area contributed by atoms with Crippen molar-refractivity contribution in [2.24, 2.45) is 0 Å². The molecule has 1 aromatic rings. The molecule has 1 unspecified atom stereocenters. The number of hydrogen-bond acceptors (Lipinski definition) is 4. The summed E-state index contributed by atoms with van der Waals surface area (Å²) in [5.41, 5.74) is -0.683. The quantitative estimate of drug-likeness (QED) is 0.619. The molecule has 0 aromatic heterocycles. The van der Waals surface area contributed by atoms with Crippen LogP contribution in [0.4, 0.5) is 0 Å². The number of esters is 1. The van der Waals surface area contributed by atoms with Crippen LogP contribution in [0.25, 0.3) is 0 Å². The number of halogens is 1. The molecule has 0 aliphatic carbocycles. The highest BCUT2D eigenvalue weighted by molar-refractivity contribution is 7.99. The molecule has 5 heteroatoms. The molecule has 0 amide bonds. The van der Waals surface area contributed by atoms with Crippen molar-refractivity contribution in [3.05, 3.63) is 29.3 Å². The maximum Gasteiger partial charge on any atom is 0.326 e. The first-order valence-electron chi connectivity index (χ1n) is 6.23. The molecule has 0 spiro atoms. The zero-order chi connectivity index (χ0) is 14.3. The van der Waals surface area contributed by atoms with Crippen LogP contribution in [0, 0.1) is 0 Å². The van der Waals surface area contributed by atoms with Crippen LogP contribution in [0.15, 0.2) is 29.2 Å². The predicted octanol–water partition coefficient (Wildman–Crippen LogP) is 3.36. The number of carbonyl (C=O) groups is 1. The molecule has 0 saturated heterocycles. The predicted molar refractivity (Wildman–Crippen MR) is 80.9 cm³/mol. The van der Waals surface area contributed by atoms with Crippen molar-refractivity contribution < 1.29 is 9.53 Å². The fourth-order valence-electron chi connectivity index (χ4n) is 1.59. The summed E-state index contributed by atoms with van der Waals surface area (Å²) in [7, 11) is 1.41. The van der Waals surface area contributed by atoms with E-state index in [0.717, 1.165) is 17.9 Å². The summed E-state index contributed by atoms with van der Waals surface area (Å²) in [5.74, 6) is 0.357.